The Morgan fingerprint density at radius 3 is 2.44 bits per heavy atom. The van der Waals surface area contributed by atoms with Gasteiger partial charge in [0.1, 0.15) is 0 Å². The summed E-state index contributed by atoms with van der Waals surface area (Å²) in [5.41, 5.74) is 6.94. The van der Waals surface area contributed by atoms with Gasteiger partial charge in [-0.1, -0.05) is 19.4 Å². The van der Waals surface area contributed by atoms with Gasteiger partial charge in [0.25, 0.3) is 0 Å². The second kappa shape index (κ2) is 5.35. The van der Waals surface area contributed by atoms with E-state index in [4.69, 9.17) is 5.73 Å². The van der Waals surface area contributed by atoms with Crippen LogP contribution in [0, 0.1) is 17.6 Å². The van der Waals surface area contributed by atoms with E-state index >= 15 is 0 Å². The van der Waals surface area contributed by atoms with E-state index in [1.807, 2.05) is 0 Å². The van der Waals surface area contributed by atoms with E-state index < -0.39 is 11.6 Å². The molecule has 1 nitrogen and oxygen atoms in total. The molecule has 3 heteroatoms. The topological polar surface area (TPSA) is 26.0 Å². The van der Waals surface area contributed by atoms with Crippen LogP contribution < -0.4 is 5.73 Å². The maximum atomic E-state index is 13.2. The van der Waals surface area contributed by atoms with Crippen molar-refractivity contribution >= 4 is 0 Å². The summed E-state index contributed by atoms with van der Waals surface area (Å²) in [7, 11) is 0. The van der Waals surface area contributed by atoms with Crippen LogP contribution >= 0.6 is 0 Å². The van der Waals surface area contributed by atoms with Crippen molar-refractivity contribution in [2.75, 3.05) is 0 Å². The lowest BCUT2D eigenvalue weighted by atomic mass is 9.73. The van der Waals surface area contributed by atoms with Gasteiger partial charge in [0.2, 0.25) is 0 Å². The zero-order valence-electron chi connectivity index (χ0n) is 10.9. The van der Waals surface area contributed by atoms with Crippen LogP contribution in [0.4, 0.5) is 8.78 Å². The Kier molecular flexibility index (Phi) is 4.00. The summed E-state index contributed by atoms with van der Waals surface area (Å²) in [6.45, 7) is 2.21. The van der Waals surface area contributed by atoms with Crippen LogP contribution in [0.15, 0.2) is 18.2 Å². The maximum Gasteiger partial charge on any atom is 0.159 e. The number of nitrogens with two attached hydrogens (primary N) is 1. The third-order valence-corrected chi connectivity index (χ3v) is 4.22. The maximum absolute atomic E-state index is 13.2. The van der Waals surface area contributed by atoms with Crippen molar-refractivity contribution in [3.8, 4) is 0 Å². The molecule has 0 aliphatic heterocycles. The third kappa shape index (κ3) is 3.08. The summed E-state index contributed by atoms with van der Waals surface area (Å²) >= 11 is 0. The average Bonchev–Trinajstić information content (AvgIpc) is 2.35. The molecule has 0 bridgehead atoms. The second-order valence-corrected chi connectivity index (χ2v) is 5.64. The molecule has 0 radical (unpaired) electrons. The number of halogens is 2. The molecular formula is C15H21F2N. The van der Waals surface area contributed by atoms with Gasteiger partial charge in [-0.05, 0) is 55.7 Å². The minimum absolute atomic E-state index is 0.240. The van der Waals surface area contributed by atoms with Crippen molar-refractivity contribution in [3.63, 3.8) is 0 Å². The van der Waals surface area contributed by atoms with Crippen molar-refractivity contribution in [3.05, 3.63) is 35.4 Å². The van der Waals surface area contributed by atoms with Crippen molar-refractivity contribution in [2.45, 2.75) is 51.0 Å². The first-order valence-corrected chi connectivity index (χ1v) is 6.75. The SMILES string of the molecule is CCC1CCC(N)(Cc2ccc(F)c(F)c2)CC1. The minimum Gasteiger partial charge on any atom is -0.325 e. The number of hydrogen-bond acceptors (Lipinski definition) is 1. The van der Waals surface area contributed by atoms with Crippen molar-refractivity contribution in [1.29, 1.82) is 0 Å². The Bertz CT molecular complexity index is 409. The normalized spacial score (nSPS) is 28.3. The summed E-state index contributed by atoms with van der Waals surface area (Å²) < 4.78 is 26.0. The molecule has 18 heavy (non-hydrogen) atoms. The van der Waals surface area contributed by atoms with Crippen molar-refractivity contribution < 1.29 is 8.78 Å². The lowest BCUT2D eigenvalue weighted by Crippen LogP contribution is -2.45. The standard InChI is InChI=1S/C15H21F2N/c1-2-11-5-7-15(18,8-6-11)10-12-3-4-13(16)14(17)9-12/h3-4,9,11H,2,5-8,10,18H2,1H3. The fourth-order valence-corrected chi connectivity index (χ4v) is 2.89. The van der Waals surface area contributed by atoms with Gasteiger partial charge >= 0.3 is 0 Å². The molecule has 0 amide bonds. The first-order valence-electron chi connectivity index (χ1n) is 6.75. The Labute approximate surface area is 107 Å². The van der Waals surface area contributed by atoms with Gasteiger partial charge in [0, 0.05) is 5.54 Å². The summed E-state index contributed by atoms with van der Waals surface area (Å²) in [6, 6.07) is 4.10. The first kappa shape index (κ1) is 13.5. The monoisotopic (exact) mass is 253 g/mol. The largest absolute Gasteiger partial charge is 0.325 e. The Morgan fingerprint density at radius 1 is 1.22 bits per heavy atom. The molecule has 0 atom stereocenters. The molecule has 1 saturated carbocycles. The van der Waals surface area contributed by atoms with Crippen LogP contribution in [0.3, 0.4) is 0 Å². The highest BCUT2D eigenvalue weighted by Gasteiger charge is 2.31. The Morgan fingerprint density at radius 2 is 1.89 bits per heavy atom. The minimum atomic E-state index is -0.792. The molecular weight excluding hydrogens is 232 g/mol. The van der Waals surface area contributed by atoms with E-state index in [2.05, 4.69) is 6.92 Å². The van der Waals surface area contributed by atoms with E-state index in [9.17, 15) is 8.78 Å². The summed E-state index contributed by atoms with van der Waals surface area (Å²) in [5.74, 6) is -0.788. The molecule has 2 rings (SSSR count). The molecule has 2 N–H and O–H groups in total. The molecule has 0 unspecified atom stereocenters. The van der Waals surface area contributed by atoms with Crippen molar-refractivity contribution in [2.24, 2.45) is 11.7 Å². The van der Waals surface area contributed by atoms with E-state index in [-0.39, 0.29) is 5.54 Å². The third-order valence-electron chi connectivity index (χ3n) is 4.22. The summed E-state index contributed by atoms with van der Waals surface area (Å²) in [4.78, 5) is 0. The predicted octanol–water partition coefficient (Wildman–Crippen LogP) is 3.81. The van der Waals surface area contributed by atoms with Crippen LogP contribution in [-0.4, -0.2) is 5.54 Å². The van der Waals surface area contributed by atoms with Gasteiger partial charge in [-0.3, -0.25) is 0 Å². The molecule has 0 saturated heterocycles. The zero-order valence-corrected chi connectivity index (χ0v) is 10.9. The highest BCUT2D eigenvalue weighted by Crippen LogP contribution is 2.34. The van der Waals surface area contributed by atoms with Gasteiger partial charge in [0.05, 0.1) is 0 Å². The number of hydrogen-bond donors (Lipinski definition) is 1. The first-order chi connectivity index (χ1) is 8.52. The van der Waals surface area contributed by atoms with Crippen LogP contribution in [-0.2, 0) is 6.42 Å². The van der Waals surface area contributed by atoms with E-state index in [0.717, 1.165) is 37.2 Å². The highest BCUT2D eigenvalue weighted by molar-refractivity contribution is 5.20. The van der Waals surface area contributed by atoms with Gasteiger partial charge < -0.3 is 5.73 Å². The Hall–Kier alpha value is -0.960. The Balaban J connectivity index is 2.02. The van der Waals surface area contributed by atoms with Crippen LogP contribution in [0.25, 0.3) is 0 Å². The van der Waals surface area contributed by atoms with E-state index in [0.29, 0.717) is 6.42 Å². The smallest absolute Gasteiger partial charge is 0.159 e. The molecule has 1 aliphatic rings. The zero-order chi connectivity index (χ0) is 13.2. The number of rotatable bonds is 3. The quantitative estimate of drug-likeness (QED) is 0.871. The van der Waals surface area contributed by atoms with Crippen molar-refractivity contribution in [1.82, 2.24) is 0 Å². The lowest BCUT2D eigenvalue weighted by Gasteiger charge is -2.37. The molecule has 0 aromatic heterocycles. The van der Waals surface area contributed by atoms with E-state index in [1.54, 1.807) is 6.07 Å². The molecule has 1 aromatic rings. The van der Waals surface area contributed by atoms with Crippen LogP contribution in [0.1, 0.15) is 44.6 Å². The molecule has 100 valence electrons. The fourth-order valence-electron chi connectivity index (χ4n) is 2.89. The predicted molar refractivity (Wildman–Crippen MR) is 69.2 cm³/mol. The average molecular weight is 253 g/mol. The highest BCUT2D eigenvalue weighted by atomic mass is 19.2. The van der Waals surface area contributed by atoms with Gasteiger partial charge in [0.15, 0.2) is 11.6 Å². The van der Waals surface area contributed by atoms with Gasteiger partial charge in [-0.15, -0.1) is 0 Å². The van der Waals surface area contributed by atoms with Crippen LogP contribution in [0.2, 0.25) is 0 Å². The number of benzene rings is 1. The molecule has 1 fully saturated rings. The molecule has 0 heterocycles. The molecule has 0 spiro atoms. The van der Waals surface area contributed by atoms with Gasteiger partial charge in [-0.25, -0.2) is 8.78 Å². The van der Waals surface area contributed by atoms with Gasteiger partial charge in [-0.2, -0.15) is 0 Å². The lowest BCUT2D eigenvalue weighted by molar-refractivity contribution is 0.228. The molecule has 1 aromatic carbocycles. The fraction of sp³-hybridized carbons (Fsp3) is 0.600. The van der Waals surface area contributed by atoms with E-state index in [1.165, 1.54) is 18.6 Å². The second-order valence-electron chi connectivity index (χ2n) is 5.64. The summed E-state index contributed by atoms with van der Waals surface area (Å²) in [6.07, 6.45) is 6.10. The molecule has 1 aliphatic carbocycles. The van der Waals surface area contributed by atoms with Crippen LogP contribution in [0.5, 0.6) is 0 Å². The summed E-state index contributed by atoms with van der Waals surface area (Å²) in [5, 5.41) is 0.